The van der Waals surface area contributed by atoms with Crippen molar-refractivity contribution in [3.05, 3.63) is 108 Å². The molecule has 0 heteroatoms. The summed E-state index contributed by atoms with van der Waals surface area (Å²) in [5.74, 6) is 0.414. The summed E-state index contributed by atoms with van der Waals surface area (Å²) in [5.41, 5.74) is 2.53. The highest BCUT2D eigenvalue weighted by atomic mass is 14.3. The third-order valence-corrected chi connectivity index (χ3v) is 4.18. The normalized spacial score (nSPS) is 15.1. The molecule has 21 heavy (non-hydrogen) atoms. The molecule has 0 aliphatic heterocycles. The van der Waals surface area contributed by atoms with Crippen LogP contribution in [0.5, 0.6) is 0 Å². The molecule has 1 aliphatic rings. The quantitative estimate of drug-likeness (QED) is 0.663. The summed E-state index contributed by atoms with van der Waals surface area (Å²) in [6, 6.07) is 21.4. The second-order valence-corrected chi connectivity index (χ2v) is 5.64. The molecule has 0 N–H and O–H groups in total. The van der Waals surface area contributed by atoms with Gasteiger partial charge in [-0.25, -0.2) is 0 Å². The van der Waals surface area contributed by atoms with Crippen molar-refractivity contribution in [2.75, 3.05) is 0 Å². The molecule has 0 saturated carbocycles. The van der Waals surface area contributed by atoms with Gasteiger partial charge in [-0.2, -0.15) is 0 Å². The van der Waals surface area contributed by atoms with E-state index in [-0.39, 0.29) is 5.41 Å². The van der Waals surface area contributed by atoms with Gasteiger partial charge in [0.1, 0.15) is 0 Å². The predicted octanol–water partition coefficient (Wildman–Crippen LogP) is 5.29. The zero-order chi connectivity index (χ0) is 14.5. The van der Waals surface area contributed by atoms with E-state index >= 15 is 0 Å². The average Bonchev–Trinajstić information content (AvgIpc) is 3.08. The highest BCUT2D eigenvalue weighted by Crippen LogP contribution is 2.34. The van der Waals surface area contributed by atoms with Crippen LogP contribution in [0, 0.1) is 5.92 Å². The van der Waals surface area contributed by atoms with Crippen molar-refractivity contribution in [3.8, 4) is 0 Å². The van der Waals surface area contributed by atoms with Crippen LogP contribution in [0.3, 0.4) is 0 Å². The van der Waals surface area contributed by atoms with Crippen molar-refractivity contribution in [1.82, 2.24) is 0 Å². The Kier molecular flexibility index (Phi) is 3.87. The van der Waals surface area contributed by atoms with E-state index < -0.39 is 0 Å². The molecule has 0 amide bonds. The Morgan fingerprint density at radius 2 is 1.24 bits per heavy atom. The maximum atomic E-state index is 2.34. The molecular formula is C21H20. The fourth-order valence-electron chi connectivity index (χ4n) is 2.81. The molecule has 2 aromatic rings. The second kappa shape index (κ2) is 5.97. The van der Waals surface area contributed by atoms with Crippen LogP contribution in [0.25, 0.3) is 0 Å². The molecule has 1 aliphatic carbocycles. The van der Waals surface area contributed by atoms with Crippen molar-refractivity contribution in [2.45, 2.75) is 12.3 Å². The van der Waals surface area contributed by atoms with Crippen molar-refractivity contribution in [2.24, 2.45) is 5.92 Å². The smallest absolute Gasteiger partial charge is 0.0354 e. The number of hydrogen-bond acceptors (Lipinski definition) is 0. The predicted molar refractivity (Wildman–Crippen MR) is 90.2 cm³/mol. The van der Waals surface area contributed by atoms with Gasteiger partial charge in [0.05, 0.1) is 0 Å². The lowest BCUT2D eigenvalue weighted by Crippen LogP contribution is -2.20. The first-order valence-electron chi connectivity index (χ1n) is 7.44. The van der Waals surface area contributed by atoms with Crippen molar-refractivity contribution in [3.63, 3.8) is 0 Å². The van der Waals surface area contributed by atoms with E-state index in [0.29, 0.717) is 5.92 Å². The first kappa shape index (κ1) is 13.6. The van der Waals surface area contributed by atoms with Crippen LogP contribution < -0.4 is 0 Å². The molecule has 0 unspecified atom stereocenters. The summed E-state index contributed by atoms with van der Waals surface area (Å²) in [4.78, 5) is 0. The maximum absolute atomic E-state index is 2.34. The molecule has 0 radical (unpaired) electrons. The van der Waals surface area contributed by atoms with E-state index in [9.17, 15) is 0 Å². The number of hydrogen-bond donors (Lipinski definition) is 0. The van der Waals surface area contributed by atoms with E-state index in [1.165, 1.54) is 11.1 Å². The first-order valence-corrected chi connectivity index (χ1v) is 7.44. The Morgan fingerprint density at radius 3 is 1.71 bits per heavy atom. The lowest BCUT2D eigenvalue weighted by Gasteiger charge is -2.28. The van der Waals surface area contributed by atoms with Gasteiger partial charge in [-0.3, -0.25) is 0 Å². The monoisotopic (exact) mass is 272 g/mol. The van der Waals surface area contributed by atoms with Crippen LogP contribution in [0.4, 0.5) is 0 Å². The van der Waals surface area contributed by atoms with Crippen molar-refractivity contribution >= 4 is 0 Å². The van der Waals surface area contributed by atoms with Gasteiger partial charge in [0.2, 0.25) is 0 Å². The molecule has 0 heterocycles. The standard InChI is InChI=1S/C21H20/c1-21(19-12-4-2-5-13-19,20-14-6-3-7-15-20)17-16-18-10-8-9-11-18/h2-18H,1H3. The van der Waals surface area contributed by atoms with Crippen LogP contribution >= 0.6 is 0 Å². The van der Waals surface area contributed by atoms with E-state index in [0.717, 1.165) is 0 Å². The highest BCUT2D eigenvalue weighted by molar-refractivity contribution is 5.44. The zero-order valence-corrected chi connectivity index (χ0v) is 12.3. The van der Waals surface area contributed by atoms with Crippen LogP contribution in [0.15, 0.2) is 97.1 Å². The van der Waals surface area contributed by atoms with E-state index in [1.54, 1.807) is 0 Å². The Labute approximate surface area is 127 Å². The summed E-state index contributed by atoms with van der Waals surface area (Å²) in [5, 5.41) is 0. The SMILES string of the molecule is CC(C=CC1C=CC=C1)(c1ccccc1)c1ccccc1. The minimum absolute atomic E-state index is 0.104. The summed E-state index contributed by atoms with van der Waals surface area (Å²) in [6.07, 6.45) is 13.3. The van der Waals surface area contributed by atoms with Crippen molar-refractivity contribution in [1.29, 1.82) is 0 Å². The lowest BCUT2D eigenvalue weighted by molar-refractivity contribution is 0.718. The Morgan fingerprint density at radius 1 is 0.762 bits per heavy atom. The Hall–Kier alpha value is -2.34. The molecule has 0 bridgehead atoms. The lowest BCUT2D eigenvalue weighted by atomic mass is 9.75. The second-order valence-electron chi connectivity index (χ2n) is 5.64. The van der Waals surface area contributed by atoms with Gasteiger partial charge in [-0.05, 0) is 18.1 Å². The fraction of sp³-hybridized carbons (Fsp3) is 0.143. The number of rotatable bonds is 4. The van der Waals surface area contributed by atoms with Gasteiger partial charge < -0.3 is 0 Å². The topological polar surface area (TPSA) is 0 Å². The highest BCUT2D eigenvalue weighted by Gasteiger charge is 2.25. The third kappa shape index (κ3) is 2.90. The van der Waals surface area contributed by atoms with Crippen LogP contribution in [-0.4, -0.2) is 0 Å². The summed E-state index contributed by atoms with van der Waals surface area (Å²) < 4.78 is 0. The van der Waals surface area contributed by atoms with E-state index in [4.69, 9.17) is 0 Å². The van der Waals surface area contributed by atoms with Crippen molar-refractivity contribution < 1.29 is 0 Å². The maximum Gasteiger partial charge on any atom is 0.0354 e. The third-order valence-electron chi connectivity index (χ3n) is 4.18. The van der Waals surface area contributed by atoms with Gasteiger partial charge in [0, 0.05) is 11.3 Å². The molecule has 0 nitrogen and oxygen atoms in total. The van der Waals surface area contributed by atoms with E-state index in [1.807, 2.05) is 0 Å². The molecule has 0 saturated heterocycles. The molecule has 0 aromatic heterocycles. The van der Waals surface area contributed by atoms with Crippen LogP contribution in [-0.2, 0) is 5.41 Å². The first-order chi connectivity index (χ1) is 10.3. The van der Waals surface area contributed by atoms with Gasteiger partial charge in [-0.15, -0.1) is 0 Å². The van der Waals surface area contributed by atoms with Crippen LogP contribution in [0.1, 0.15) is 18.1 Å². The largest absolute Gasteiger partial charge is 0.0766 e. The molecule has 104 valence electrons. The summed E-state index contributed by atoms with van der Waals surface area (Å²) in [7, 11) is 0. The average molecular weight is 272 g/mol. The minimum Gasteiger partial charge on any atom is -0.0766 e. The Bertz CT molecular complexity index is 608. The van der Waals surface area contributed by atoms with Gasteiger partial charge in [0.25, 0.3) is 0 Å². The summed E-state index contributed by atoms with van der Waals surface area (Å²) >= 11 is 0. The molecular weight excluding hydrogens is 252 g/mol. The van der Waals surface area contributed by atoms with Gasteiger partial charge >= 0.3 is 0 Å². The Balaban J connectivity index is 2.02. The fourth-order valence-corrected chi connectivity index (χ4v) is 2.81. The van der Waals surface area contributed by atoms with E-state index in [2.05, 4.69) is 104 Å². The molecule has 0 spiro atoms. The van der Waals surface area contributed by atoms with Crippen LogP contribution in [0.2, 0.25) is 0 Å². The van der Waals surface area contributed by atoms with Gasteiger partial charge in [-0.1, -0.05) is 97.1 Å². The number of benzene rings is 2. The molecule has 3 rings (SSSR count). The summed E-state index contributed by atoms with van der Waals surface area (Å²) in [6.45, 7) is 2.29. The molecule has 2 aromatic carbocycles. The molecule has 0 atom stereocenters. The minimum atomic E-state index is -0.104. The van der Waals surface area contributed by atoms with Gasteiger partial charge in [0.15, 0.2) is 0 Å². The zero-order valence-electron chi connectivity index (χ0n) is 12.3. The molecule has 0 fully saturated rings. The number of allylic oxidation sites excluding steroid dienone is 6.